The van der Waals surface area contributed by atoms with Crippen LogP contribution in [0.3, 0.4) is 0 Å². The Kier molecular flexibility index (Phi) is 6.48. The first-order valence-electron chi connectivity index (χ1n) is 7.73. The average molecular weight is 391 g/mol. The van der Waals surface area contributed by atoms with Gasteiger partial charge in [0.05, 0.1) is 30.4 Å². The molecule has 0 bridgehead atoms. The number of benzene rings is 2. The molecule has 0 aromatic heterocycles. The molecule has 1 amide bonds. The van der Waals surface area contributed by atoms with Gasteiger partial charge < -0.3 is 10.1 Å². The zero-order valence-corrected chi connectivity index (χ0v) is 13.8. The summed E-state index contributed by atoms with van der Waals surface area (Å²) in [5.74, 6) is 0. The smallest absolute Gasteiger partial charge is 0.374 e. The highest BCUT2D eigenvalue weighted by Crippen LogP contribution is 2.42. The number of halogens is 6. The van der Waals surface area contributed by atoms with E-state index in [4.69, 9.17) is 4.74 Å². The highest BCUT2D eigenvalue weighted by atomic mass is 19.4. The minimum Gasteiger partial charge on any atom is -0.374 e. The van der Waals surface area contributed by atoms with Crippen LogP contribution in [-0.4, -0.2) is 13.0 Å². The molecule has 0 aliphatic rings. The van der Waals surface area contributed by atoms with Crippen molar-refractivity contribution in [2.45, 2.75) is 25.0 Å². The number of carbonyl (C=O) groups excluding carboxylic acids is 1. The van der Waals surface area contributed by atoms with Gasteiger partial charge in [-0.1, -0.05) is 42.5 Å². The third-order valence-electron chi connectivity index (χ3n) is 3.75. The van der Waals surface area contributed by atoms with Gasteiger partial charge in [-0.3, -0.25) is 4.79 Å². The van der Waals surface area contributed by atoms with Crippen LogP contribution in [0.1, 0.15) is 28.3 Å². The summed E-state index contributed by atoms with van der Waals surface area (Å²) in [6.45, 7) is -0.904. The number of hydrogen-bond acceptors (Lipinski definition) is 2. The van der Waals surface area contributed by atoms with Crippen LogP contribution in [0, 0.1) is 0 Å². The second kappa shape index (κ2) is 8.43. The molecule has 2 aromatic carbocycles. The number of alkyl halides is 6. The van der Waals surface area contributed by atoms with Gasteiger partial charge in [-0.15, -0.1) is 0 Å². The molecule has 0 aliphatic carbocycles. The fraction of sp³-hybridized carbons (Fsp3) is 0.278. The van der Waals surface area contributed by atoms with E-state index < -0.39 is 41.7 Å². The van der Waals surface area contributed by atoms with Crippen molar-refractivity contribution in [1.82, 2.24) is 5.32 Å². The van der Waals surface area contributed by atoms with Gasteiger partial charge in [0, 0.05) is 0 Å². The van der Waals surface area contributed by atoms with Crippen molar-refractivity contribution in [1.29, 1.82) is 0 Å². The standard InChI is InChI=1S/C18H15F6NO2/c19-17(20,21)14-8-4-7-13(16(14)18(22,23)24)9-27-10-15(25-11-26)12-5-2-1-3-6-12/h1-8,11,15H,9-10H2,(H,25,26)/t15-/m1/s1. The number of ether oxygens (including phenoxy) is 1. The van der Waals surface area contributed by atoms with Crippen LogP contribution < -0.4 is 5.32 Å². The van der Waals surface area contributed by atoms with Crippen LogP contribution in [-0.2, 0) is 28.5 Å². The minimum atomic E-state index is -5.19. The van der Waals surface area contributed by atoms with Gasteiger partial charge in [0.25, 0.3) is 0 Å². The number of carbonyl (C=O) groups is 1. The van der Waals surface area contributed by atoms with Crippen molar-refractivity contribution in [3.8, 4) is 0 Å². The van der Waals surface area contributed by atoms with Gasteiger partial charge in [-0.2, -0.15) is 26.3 Å². The maximum atomic E-state index is 13.2. The van der Waals surface area contributed by atoms with E-state index in [9.17, 15) is 31.1 Å². The van der Waals surface area contributed by atoms with Gasteiger partial charge in [-0.25, -0.2) is 0 Å². The molecule has 146 valence electrons. The second-order valence-corrected chi connectivity index (χ2v) is 5.60. The van der Waals surface area contributed by atoms with Crippen LogP contribution in [0.2, 0.25) is 0 Å². The Bertz CT molecular complexity index is 759. The quantitative estimate of drug-likeness (QED) is 0.548. The number of rotatable bonds is 7. The van der Waals surface area contributed by atoms with E-state index in [-0.39, 0.29) is 6.61 Å². The molecule has 0 saturated heterocycles. The van der Waals surface area contributed by atoms with E-state index in [1.54, 1.807) is 30.3 Å². The van der Waals surface area contributed by atoms with Crippen LogP contribution in [0.15, 0.2) is 48.5 Å². The molecule has 9 heteroatoms. The van der Waals surface area contributed by atoms with Crippen LogP contribution in [0.5, 0.6) is 0 Å². The largest absolute Gasteiger partial charge is 0.417 e. The van der Waals surface area contributed by atoms with Gasteiger partial charge in [0.1, 0.15) is 0 Å². The summed E-state index contributed by atoms with van der Waals surface area (Å²) in [7, 11) is 0. The molecular weight excluding hydrogens is 376 g/mol. The minimum absolute atomic E-state index is 0.212. The van der Waals surface area contributed by atoms with E-state index in [0.29, 0.717) is 18.0 Å². The number of hydrogen-bond donors (Lipinski definition) is 1. The van der Waals surface area contributed by atoms with Gasteiger partial charge >= 0.3 is 12.4 Å². The van der Waals surface area contributed by atoms with E-state index in [0.717, 1.165) is 12.1 Å². The first kappa shape index (κ1) is 20.8. The molecule has 3 nitrogen and oxygen atoms in total. The lowest BCUT2D eigenvalue weighted by Gasteiger charge is -2.20. The van der Waals surface area contributed by atoms with Crippen molar-refractivity contribution in [3.63, 3.8) is 0 Å². The Morgan fingerprint density at radius 1 is 0.926 bits per heavy atom. The molecule has 0 unspecified atom stereocenters. The molecule has 0 heterocycles. The Labute approximate surface area is 150 Å². The Hall–Kier alpha value is -2.55. The maximum Gasteiger partial charge on any atom is 0.417 e. The maximum absolute atomic E-state index is 13.2. The summed E-state index contributed by atoms with van der Waals surface area (Å²) in [6.07, 6.45) is -9.93. The van der Waals surface area contributed by atoms with Crippen molar-refractivity contribution in [2.24, 2.45) is 0 Å². The zero-order chi connectivity index (χ0) is 20.1. The molecule has 2 rings (SSSR count). The van der Waals surface area contributed by atoms with Crippen LogP contribution in [0.4, 0.5) is 26.3 Å². The first-order chi connectivity index (χ1) is 12.6. The van der Waals surface area contributed by atoms with Gasteiger partial charge in [-0.05, 0) is 17.2 Å². The van der Waals surface area contributed by atoms with Crippen molar-refractivity contribution in [3.05, 3.63) is 70.8 Å². The fourth-order valence-corrected chi connectivity index (χ4v) is 2.59. The highest BCUT2D eigenvalue weighted by Gasteiger charge is 2.44. The normalized spacial score (nSPS) is 13.3. The Morgan fingerprint density at radius 2 is 1.59 bits per heavy atom. The van der Waals surface area contributed by atoms with Gasteiger partial charge in [0.15, 0.2) is 0 Å². The lowest BCUT2D eigenvalue weighted by Crippen LogP contribution is -2.25. The van der Waals surface area contributed by atoms with E-state index in [1.165, 1.54) is 0 Å². The molecular formula is C18H15F6NO2. The predicted molar refractivity (Wildman–Crippen MR) is 84.5 cm³/mol. The molecule has 27 heavy (non-hydrogen) atoms. The molecule has 0 radical (unpaired) electrons. The van der Waals surface area contributed by atoms with E-state index >= 15 is 0 Å². The summed E-state index contributed by atoms with van der Waals surface area (Å²) < 4.78 is 83.6. The van der Waals surface area contributed by atoms with E-state index in [1.807, 2.05) is 0 Å². The average Bonchev–Trinajstić information content (AvgIpc) is 2.60. The summed E-state index contributed by atoms with van der Waals surface area (Å²) >= 11 is 0. The lowest BCUT2D eigenvalue weighted by molar-refractivity contribution is -0.163. The Balaban J connectivity index is 2.21. The lowest BCUT2D eigenvalue weighted by atomic mass is 10.0. The summed E-state index contributed by atoms with van der Waals surface area (Å²) in [6, 6.07) is 10.0. The van der Waals surface area contributed by atoms with E-state index in [2.05, 4.69) is 5.32 Å². The molecule has 2 aromatic rings. The Morgan fingerprint density at radius 3 is 2.15 bits per heavy atom. The summed E-state index contributed by atoms with van der Waals surface area (Å²) in [5.41, 5.74) is -3.52. The van der Waals surface area contributed by atoms with Crippen molar-refractivity contribution >= 4 is 6.41 Å². The molecule has 1 atom stereocenters. The SMILES string of the molecule is O=CN[C@H](COCc1cccc(C(F)(F)F)c1C(F)(F)F)c1ccccc1. The van der Waals surface area contributed by atoms with Crippen LogP contribution in [0.25, 0.3) is 0 Å². The molecule has 0 fully saturated rings. The topological polar surface area (TPSA) is 38.3 Å². The first-order valence-corrected chi connectivity index (χ1v) is 7.73. The van der Waals surface area contributed by atoms with Crippen molar-refractivity contribution < 1.29 is 35.9 Å². The van der Waals surface area contributed by atoms with Gasteiger partial charge in [0.2, 0.25) is 6.41 Å². The second-order valence-electron chi connectivity index (χ2n) is 5.60. The van der Waals surface area contributed by atoms with Crippen LogP contribution >= 0.6 is 0 Å². The third-order valence-corrected chi connectivity index (χ3v) is 3.75. The predicted octanol–water partition coefficient (Wildman–Crippen LogP) is 4.73. The third kappa shape index (κ3) is 5.46. The zero-order valence-electron chi connectivity index (χ0n) is 13.8. The molecule has 0 saturated carbocycles. The summed E-state index contributed by atoms with van der Waals surface area (Å²) in [5, 5.41) is 2.46. The molecule has 0 spiro atoms. The highest BCUT2D eigenvalue weighted by molar-refractivity contribution is 5.47. The summed E-state index contributed by atoms with van der Waals surface area (Å²) in [4.78, 5) is 10.7. The fourth-order valence-electron chi connectivity index (χ4n) is 2.59. The number of nitrogens with one attached hydrogen (secondary N) is 1. The monoisotopic (exact) mass is 391 g/mol. The number of amides is 1. The molecule has 1 N–H and O–H groups in total. The molecule has 0 aliphatic heterocycles. The van der Waals surface area contributed by atoms with Crippen molar-refractivity contribution in [2.75, 3.05) is 6.61 Å².